The highest BCUT2D eigenvalue weighted by atomic mass is 35.5. The summed E-state index contributed by atoms with van der Waals surface area (Å²) >= 11 is 8.22. The molecule has 1 heterocycles. The maximum absolute atomic E-state index is 13.0. The number of aromatic nitrogens is 1. The number of para-hydroxylation sites is 1. The summed E-state index contributed by atoms with van der Waals surface area (Å²) in [5.41, 5.74) is 3.54. The van der Waals surface area contributed by atoms with Crippen LogP contribution < -0.4 is 4.74 Å². The zero-order valence-electron chi connectivity index (χ0n) is 28.2. The zero-order valence-corrected chi connectivity index (χ0v) is 29.8. The predicted octanol–water partition coefficient (Wildman–Crippen LogP) is 3.93. The summed E-state index contributed by atoms with van der Waals surface area (Å²) in [4.78, 5) is 19.8. The van der Waals surface area contributed by atoms with Crippen molar-refractivity contribution in [1.82, 2.24) is 9.88 Å². The number of aliphatic hydroxyl groups is 5. The van der Waals surface area contributed by atoms with Crippen molar-refractivity contribution in [3.8, 4) is 16.9 Å². The lowest BCUT2D eigenvalue weighted by atomic mass is 9.96. The number of ether oxygens (including phenoxy) is 3. The van der Waals surface area contributed by atoms with Crippen LogP contribution in [0.4, 0.5) is 0 Å². The molecule has 0 spiro atoms. The molecule has 1 aromatic heterocycles. The lowest BCUT2D eigenvalue weighted by Gasteiger charge is -2.30. The lowest BCUT2D eigenvalue weighted by molar-refractivity contribution is -0.140. The van der Waals surface area contributed by atoms with E-state index < -0.39 is 36.6 Å². The smallest absolute Gasteiger partial charge is 0.222 e. The number of methoxy groups -OCH3 is 1. The summed E-state index contributed by atoms with van der Waals surface area (Å²) in [7, 11) is 1.49. The Balaban J connectivity index is 1.15. The fourth-order valence-corrected chi connectivity index (χ4v) is 6.80. The van der Waals surface area contributed by atoms with Crippen LogP contribution in [0.15, 0.2) is 65.8 Å². The van der Waals surface area contributed by atoms with Gasteiger partial charge in [-0.3, -0.25) is 9.78 Å². The summed E-state index contributed by atoms with van der Waals surface area (Å²) in [6.07, 6.45) is 1.96. The van der Waals surface area contributed by atoms with Gasteiger partial charge in [0.1, 0.15) is 30.2 Å². The third-order valence-corrected chi connectivity index (χ3v) is 10.4. The molecule has 2 aliphatic carbocycles. The summed E-state index contributed by atoms with van der Waals surface area (Å²) < 4.78 is 18.0. The van der Waals surface area contributed by atoms with Crippen molar-refractivity contribution < 1.29 is 44.5 Å². The molecule has 0 saturated heterocycles. The van der Waals surface area contributed by atoms with Crippen LogP contribution in [-0.2, 0) is 26.5 Å². The predicted molar refractivity (Wildman–Crippen MR) is 190 cm³/mol. The van der Waals surface area contributed by atoms with Crippen LogP contribution in [0, 0.1) is 0 Å². The molecule has 0 bridgehead atoms. The number of carbonyl (C=O) groups is 1. The van der Waals surface area contributed by atoms with Crippen LogP contribution in [0.3, 0.4) is 0 Å². The monoisotopic (exact) mass is 730 g/mol. The van der Waals surface area contributed by atoms with Gasteiger partial charge < -0.3 is 44.6 Å². The minimum absolute atomic E-state index is 0.175. The van der Waals surface area contributed by atoms with Gasteiger partial charge in [0.05, 0.1) is 31.5 Å². The van der Waals surface area contributed by atoms with Crippen molar-refractivity contribution in [2.45, 2.75) is 86.1 Å². The fourth-order valence-electron chi connectivity index (χ4n) is 5.71. The molecule has 5 N–H and O–H groups in total. The topological polar surface area (TPSA) is 162 Å². The van der Waals surface area contributed by atoms with Gasteiger partial charge >= 0.3 is 0 Å². The maximum atomic E-state index is 13.0. The summed E-state index contributed by atoms with van der Waals surface area (Å²) in [5.74, 6) is 1.27. The molecule has 2 aromatic carbocycles. The second-order valence-corrected chi connectivity index (χ2v) is 14.4. The molecule has 50 heavy (non-hydrogen) atoms. The Labute approximate surface area is 302 Å². The molecule has 272 valence electrons. The van der Waals surface area contributed by atoms with Crippen molar-refractivity contribution in [3.63, 3.8) is 0 Å². The standard InChI is InChI=1S/C37H47ClN2O9S/c1-47-17-16-40(21-31(42)35(45)36(46)32(43)22-41)34(44)7-4-18-50-26-10-11-30(38)24(19-26)23-48-37(13-14-37)29-20-39-15-12-27(29)28-5-2-3-6-33(28)49-25-8-9-25/h2-3,5-6,10-12,15,19-20,25,31-32,35-36,41-43,45-46H,4,7-9,13-14,16-18,21-23H2,1H3. The molecular formula is C37H47ClN2O9S. The first-order valence-electron chi connectivity index (χ1n) is 17.0. The number of nitrogens with zero attached hydrogens (tertiary/aromatic N) is 2. The van der Waals surface area contributed by atoms with E-state index in [0.29, 0.717) is 23.8 Å². The van der Waals surface area contributed by atoms with E-state index in [1.165, 1.54) is 12.0 Å². The van der Waals surface area contributed by atoms with Crippen molar-refractivity contribution in [2.24, 2.45) is 0 Å². The van der Waals surface area contributed by atoms with E-state index in [1.807, 2.05) is 48.7 Å². The second-order valence-electron chi connectivity index (χ2n) is 12.9. The lowest BCUT2D eigenvalue weighted by Crippen LogP contribution is -2.51. The molecule has 11 nitrogen and oxygen atoms in total. The van der Waals surface area contributed by atoms with Crippen LogP contribution >= 0.6 is 23.4 Å². The molecule has 13 heteroatoms. The van der Waals surface area contributed by atoms with Crippen LogP contribution in [0.2, 0.25) is 5.02 Å². The Bertz CT molecular complexity index is 1560. The van der Waals surface area contributed by atoms with E-state index in [9.17, 15) is 25.2 Å². The zero-order chi connectivity index (χ0) is 35.7. The van der Waals surface area contributed by atoms with E-state index in [0.717, 1.165) is 58.6 Å². The summed E-state index contributed by atoms with van der Waals surface area (Å²) in [6.45, 7) is -0.335. The third-order valence-electron chi connectivity index (χ3n) is 8.99. The van der Waals surface area contributed by atoms with Crippen LogP contribution in [0.1, 0.15) is 49.7 Å². The molecule has 3 aromatic rings. The molecule has 4 unspecified atom stereocenters. The molecule has 0 aliphatic heterocycles. The molecule has 2 saturated carbocycles. The SMILES string of the molecule is COCCN(CC(O)C(O)C(O)C(O)CO)C(=O)CCCSc1ccc(Cl)c(COC2(c3cnccc3-c3ccccc3OC3CC3)CC2)c1. The first-order chi connectivity index (χ1) is 24.2. The molecule has 2 fully saturated rings. The first kappa shape index (κ1) is 38.5. The average Bonchev–Trinajstić information content (AvgIpc) is 4.08. The molecule has 5 rings (SSSR count). The number of hydrogen-bond acceptors (Lipinski definition) is 11. The normalized spacial score (nSPS) is 17.5. The van der Waals surface area contributed by atoms with E-state index in [4.69, 9.17) is 30.9 Å². The van der Waals surface area contributed by atoms with Gasteiger partial charge in [0.15, 0.2) is 0 Å². The second kappa shape index (κ2) is 18.1. The number of thioether (sulfide) groups is 1. The first-order valence-corrected chi connectivity index (χ1v) is 18.4. The largest absolute Gasteiger partial charge is 0.490 e. The van der Waals surface area contributed by atoms with Gasteiger partial charge in [0, 0.05) is 60.1 Å². The molecular weight excluding hydrogens is 684 g/mol. The Morgan fingerprint density at radius 3 is 2.54 bits per heavy atom. The van der Waals surface area contributed by atoms with Crippen molar-refractivity contribution >= 4 is 29.3 Å². The van der Waals surface area contributed by atoms with Crippen molar-refractivity contribution in [1.29, 1.82) is 0 Å². The number of carbonyl (C=O) groups excluding carboxylic acids is 1. The van der Waals surface area contributed by atoms with Crippen LogP contribution in [-0.4, -0.2) is 111 Å². The van der Waals surface area contributed by atoms with Crippen LogP contribution in [0.5, 0.6) is 5.75 Å². The molecule has 0 radical (unpaired) electrons. The third kappa shape index (κ3) is 10.2. The highest BCUT2D eigenvalue weighted by molar-refractivity contribution is 7.99. The number of aliphatic hydroxyl groups excluding tert-OH is 5. The van der Waals surface area contributed by atoms with Crippen molar-refractivity contribution in [2.75, 3.05) is 39.2 Å². The summed E-state index contributed by atoms with van der Waals surface area (Å²) in [5, 5.41) is 49.8. The van der Waals surface area contributed by atoms with E-state index in [1.54, 1.807) is 18.0 Å². The Hall–Kier alpha value is -2.78. The highest BCUT2D eigenvalue weighted by Gasteiger charge is 2.48. The quantitative estimate of drug-likeness (QED) is 0.0798. The molecule has 4 atom stereocenters. The number of halogens is 1. The number of hydrogen-bond donors (Lipinski definition) is 5. The van der Waals surface area contributed by atoms with Gasteiger partial charge in [-0.05, 0) is 79.3 Å². The minimum Gasteiger partial charge on any atom is -0.490 e. The Morgan fingerprint density at radius 2 is 1.82 bits per heavy atom. The van der Waals surface area contributed by atoms with Crippen LogP contribution in [0.25, 0.3) is 11.1 Å². The van der Waals surface area contributed by atoms with Gasteiger partial charge in [-0.25, -0.2) is 0 Å². The van der Waals surface area contributed by atoms with E-state index in [2.05, 4.69) is 11.1 Å². The van der Waals surface area contributed by atoms with Gasteiger partial charge in [-0.1, -0.05) is 29.8 Å². The number of amides is 1. The molecule has 2 aliphatic rings. The van der Waals surface area contributed by atoms with E-state index in [-0.39, 0.29) is 38.1 Å². The van der Waals surface area contributed by atoms with Gasteiger partial charge in [-0.15, -0.1) is 11.8 Å². The number of benzene rings is 2. The maximum Gasteiger partial charge on any atom is 0.222 e. The Kier molecular flexibility index (Phi) is 13.9. The molecule has 1 amide bonds. The fraction of sp³-hybridized carbons (Fsp3) is 0.514. The van der Waals surface area contributed by atoms with Gasteiger partial charge in [0.25, 0.3) is 0 Å². The number of pyridine rings is 1. The number of rotatable bonds is 21. The van der Waals surface area contributed by atoms with E-state index >= 15 is 0 Å². The Morgan fingerprint density at radius 1 is 1.06 bits per heavy atom. The van der Waals surface area contributed by atoms with Crippen molar-refractivity contribution in [3.05, 3.63) is 77.1 Å². The highest BCUT2D eigenvalue weighted by Crippen LogP contribution is 2.53. The average molecular weight is 731 g/mol. The van der Waals surface area contributed by atoms with Gasteiger partial charge in [0.2, 0.25) is 5.91 Å². The minimum atomic E-state index is -1.77. The summed E-state index contributed by atoms with van der Waals surface area (Å²) in [6, 6.07) is 16.0. The van der Waals surface area contributed by atoms with Gasteiger partial charge in [-0.2, -0.15) is 0 Å².